The summed E-state index contributed by atoms with van der Waals surface area (Å²) >= 11 is 0. The first kappa shape index (κ1) is 21.5. The fourth-order valence-electron chi connectivity index (χ4n) is 3.21. The molecule has 1 saturated heterocycles. The van der Waals surface area contributed by atoms with Crippen LogP contribution < -0.4 is 14.2 Å². The lowest BCUT2D eigenvalue weighted by molar-refractivity contribution is -0.141. The molecule has 0 saturated carbocycles. The second-order valence-electron chi connectivity index (χ2n) is 6.84. The maximum Gasteiger partial charge on any atom is 0.260 e. The van der Waals surface area contributed by atoms with Crippen molar-refractivity contribution in [2.75, 3.05) is 46.0 Å². The van der Waals surface area contributed by atoms with Gasteiger partial charge in [0.15, 0.2) is 18.1 Å². The smallest absolute Gasteiger partial charge is 0.260 e. The Hall–Kier alpha value is -3.22. The van der Waals surface area contributed by atoms with Crippen molar-refractivity contribution in [2.45, 2.75) is 13.3 Å². The molecule has 2 aromatic carbocycles. The molecule has 2 aromatic rings. The minimum Gasteiger partial charge on any atom is -0.493 e. The normalized spacial score (nSPS) is 13.6. The minimum atomic E-state index is -0.0965. The summed E-state index contributed by atoms with van der Waals surface area (Å²) in [5.41, 5.74) is 0. The van der Waals surface area contributed by atoms with Crippen molar-refractivity contribution in [1.82, 2.24) is 9.80 Å². The number of nitrogens with zero attached hydrogens (tertiary/aromatic N) is 2. The summed E-state index contributed by atoms with van der Waals surface area (Å²) in [4.78, 5) is 28.4. The molecule has 1 heterocycles. The van der Waals surface area contributed by atoms with Gasteiger partial charge >= 0.3 is 0 Å². The highest BCUT2D eigenvalue weighted by atomic mass is 16.5. The minimum absolute atomic E-state index is 0.0416. The molecule has 0 atom stereocenters. The molecular weight excluding hydrogens is 384 g/mol. The van der Waals surface area contributed by atoms with E-state index in [1.807, 2.05) is 55.5 Å². The van der Waals surface area contributed by atoms with E-state index in [2.05, 4.69) is 0 Å². The van der Waals surface area contributed by atoms with E-state index in [-0.39, 0.29) is 18.4 Å². The van der Waals surface area contributed by atoms with E-state index in [1.165, 1.54) is 0 Å². The highest BCUT2D eigenvalue weighted by molar-refractivity contribution is 5.79. The monoisotopic (exact) mass is 412 g/mol. The number of ether oxygens (including phenoxy) is 3. The summed E-state index contributed by atoms with van der Waals surface area (Å²) in [6.45, 7) is 4.76. The van der Waals surface area contributed by atoms with E-state index in [1.54, 1.807) is 15.9 Å². The fraction of sp³-hybridized carbons (Fsp3) is 0.391. The molecule has 2 amide bonds. The third-order valence-electron chi connectivity index (χ3n) is 4.81. The topological polar surface area (TPSA) is 68.3 Å². The molecule has 0 aromatic heterocycles. The summed E-state index contributed by atoms with van der Waals surface area (Å²) in [5.74, 6) is 1.88. The summed E-state index contributed by atoms with van der Waals surface area (Å²) < 4.78 is 16.8. The second-order valence-corrected chi connectivity index (χ2v) is 6.84. The summed E-state index contributed by atoms with van der Waals surface area (Å²) in [7, 11) is 0. The van der Waals surface area contributed by atoms with Gasteiger partial charge in [-0.2, -0.15) is 0 Å². The van der Waals surface area contributed by atoms with Gasteiger partial charge < -0.3 is 24.0 Å². The number of amides is 2. The van der Waals surface area contributed by atoms with E-state index < -0.39 is 0 Å². The highest BCUT2D eigenvalue weighted by Gasteiger charge is 2.24. The van der Waals surface area contributed by atoms with Crippen molar-refractivity contribution in [3.63, 3.8) is 0 Å². The van der Waals surface area contributed by atoms with Crippen molar-refractivity contribution in [3.05, 3.63) is 54.6 Å². The Balaban J connectivity index is 1.38. The summed E-state index contributed by atoms with van der Waals surface area (Å²) in [6, 6.07) is 16.7. The highest BCUT2D eigenvalue weighted by Crippen LogP contribution is 2.26. The lowest BCUT2D eigenvalue weighted by atomic mass is 10.2. The standard InChI is InChI=1S/C23H28N2O5/c1-2-28-20-10-6-7-11-21(20)30-18-23(27)25-15-13-24(14-16-25)22(26)12-17-29-19-8-4-3-5-9-19/h3-11H,2,12-18H2,1H3. The van der Waals surface area contributed by atoms with Crippen LogP contribution in [0.25, 0.3) is 0 Å². The van der Waals surface area contributed by atoms with Gasteiger partial charge in [-0.05, 0) is 31.2 Å². The van der Waals surface area contributed by atoms with E-state index in [9.17, 15) is 9.59 Å². The Kier molecular flexibility index (Phi) is 7.94. The van der Waals surface area contributed by atoms with Crippen LogP contribution in [-0.2, 0) is 9.59 Å². The van der Waals surface area contributed by atoms with Crippen LogP contribution in [-0.4, -0.2) is 67.6 Å². The Morgan fingerprint density at radius 3 is 1.97 bits per heavy atom. The average Bonchev–Trinajstić information content (AvgIpc) is 2.79. The first-order chi connectivity index (χ1) is 14.7. The molecule has 0 aliphatic carbocycles. The van der Waals surface area contributed by atoms with Gasteiger partial charge in [0.1, 0.15) is 5.75 Å². The Labute approximate surface area is 177 Å². The molecule has 0 N–H and O–H groups in total. The number of piperazine rings is 1. The van der Waals surface area contributed by atoms with Gasteiger partial charge in [0.2, 0.25) is 5.91 Å². The molecule has 30 heavy (non-hydrogen) atoms. The van der Waals surface area contributed by atoms with E-state index in [0.717, 1.165) is 5.75 Å². The Morgan fingerprint density at radius 2 is 1.33 bits per heavy atom. The number of para-hydroxylation sites is 3. The maximum atomic E-state index is 12.5. The number of carbonyl (C=O) groups excluding carboxylic acids is 2. The number of benzene rings is 2. The molecule has 0 unspecified atom stereocenters. The molecule has 1 fully saturated rings. The van der Waals surface area contributed by atoms with Crippen molar-refractivity contribution >= 4 is 11.8 Å². The van der Waals surface area contributed by atoms with Gasteiger partial charge in [-0.1, -0.05) is 30.3 Å². The zero-order chi connectivity index (χ0) is 21.2. The van der Waals surface area contributed by atoms with Gasteiger partial charge in [-0.3, -0.25) is 9.59 Å². The number of rotatable bonds is 9. The lowest BCUT2D eigenvalue weighted by Crippen LogP contribution is -2.51. The van der Waals surface area contributed by atoms with Gasteiger partial charge in [0, 0.05) is 26.2 Å². The molecule has 3 rings (SSSR count). The van der Waals surface area contributed by atoms with Crippen LogP contribution in [0.2, 0.25) is 0 Å². The zero-order valence-corrected chi connectivity index (χ0v) is 17.3. The van der Waals surface area contributed by atoms with E-state index >= 15 is 0 Å². The fourth-order valence-corrected chi connectivity index (χ4v) is 3.21. The first-order valence-electron chi connectivity index (χ1n) is 10.3. The van der Waals surface area contributed by atoms with Crippen LogP contribution in [0.4, 0.5) is 0 Å². The molecule has 0 radical (unpaired) electrons. The van der Waals surface area contributed by atoms with Crippen LogP contribution >= 0.6 is 0 Å². The summed E-state index contributed by atoms with van der Waals surface area (Å²) in [6.07, 6.45) is 0.320. The summed E-state index contributed by atoms with van der Waals surface area (Å²) in [5, 5.41) is 0. The molecule has 1 aliphatic heterocycles. The maximum absolute atomic E-state index is 12.5. The van der Waals surface area contributed by atoms with Crippen LogP contribution in [0.15, 0.2) is 54.6 Å². The Bertz CT molecular complexity index is 819. The van der Waals surface area contributed by atoms with Gasteiger partial charge in [-0.15, -0.1) is 0 Å². The molecule has 1 aliphatic rings. The van der Waals surface area contributed by atoms with Crippen LogP contribution in [0, 0.1) is 0 Å². The van der Waals surface area contributed by atoms with Crippen LogP contribution in [0.1, 0.15) is 13.3 Å². The van der Waals surface area contributed by atoms with Gasteiger partial charge in [0.25, 0.3) is 5.91 Å². The number of hydrogen-bond donors (Lipinski definition) is 0. The average molecular weight is 412 g/mol. The van der Waals surface area contributed by atoms with Gasteiger partial charge in [-0.25, -0.2) is 0 Å². The van der Waals surface area contributed by atoms with Crippen LogP contribution in [0.3, 0.4) is 0 Å². The predicted molar refractivity (Wildman–Crippen MR) is 113 cm³/mol. The zero-order valence-electron chi connectivity index (χ0n) is 17.3. The second kappa shape index (κ2) is 11.1. The quantitative estimate of drug-likeness (QED) is 0.633. The molecule has 7 nitrogen and oxygen atoms in total. The van der Waals surface area contributed by atoms with Crippen molar-refractivity contribution in [2.24, 2.45) is 0 Å². The molecule has 160 valence electrons. The molecule has 0 spiro atoms. The Morgan fingerprint density at radius 1 is 0.767 bits per heavy atom. The molecule has 0 bridgehead atoms. The third kappa shape index (κ3) is 6.14. The van der Waals surface area contributed by atoms with E-state index in [4.69, 9.17) is 14.2 Å². The van der Waals surface area contributed by atoms with Crippen LogP contribution in [0.5, 0.6) is 17.2 Å². The third-order valence-corrected chi connectivity index (χ3v) is 4.81. The van der Waals surface area contributed by atoms with Gasteiger partial charge in [0.05, 0.1) is 19.6 Å². The van der Waals surface area contributed by atoms with Crippen molar-refractivity contribution < 1.29 is 23.8 Å². The molecular formula is C23H28N2O5. The molecule has 7 heteroatoms. The first-order valence-corrected chi connectivity index (χ1v) is 10.3. The largest absolute Gasteiger partial charge is 0.493 e. The van der Waals surface area contributed by atoms with Crippen molar-refractivity contribution in [3.8, 4) is 17.2 Å². The lowest BCUT2D eigenvalue weighted by Gasteiger charge is -2.34. The number of hydrogen-bond acceptors (Lipinski definition) is 5. The predicted octanol–water partition coefficient (Wildman–Crippen LogP) is 2.60. The van der Waals surface area contributed by atoms with Crippen molar-refractivity contribution in [1.29, 1.82) is 0 Å². The SMILES string of the molecule is CCOc1ccccc1OCC(=O)N1CCN(C(=O)CCOc2ccccc2)CC1. The van der Waals surface area contributed by atoms with E-state index in [0.29, 0.717) is 57.3 Å². The number of carbonyl (C=O) groups is 2.